The van der Waals surface area contributed by atoms with Gasteiger partial charge in [-0.3, -0.25) is 9.59 Å². The summed E-state index contributed by atoms with van der Waals surface area (Å²) in [6, 6.07) is 0. The van der Waals surface area contributed by atoms with Crippen molar-refractivity contribution in [3.8, 4) is 0 Å². The molecule has 4 aliphatic rings. The van der Waals surface area contributed by atoms with Crippen LogP contribution in [0.5, 0.6) is 0 Å². The Kier molecular flexibility index (Phi) is 3.42. The van der Waals surface area contributed by atoms with Gasteiger partial charge in [0.1, 0.15) is 11.6 Å². The summed E-state index contributed by atoms with van der Waals surface area (Å²) >= 11 is 0. The number of allylic oxidation sites excluding steroid dienone is 2. The predicted molar refractivity (Wildman–Crippen MR) is 90.8 cm³/mol. The van der Waals surface area contributed by atoms with Crippen LogP contribution in [0.4, 0.5) is 0 Å². The van der Waals surface area contributed by atoms with E-state index >= 15 is 0 Å². The molecule has 7 atom stereocenters. The quantitative estimate of drug-likeness (QED) is 0.664. The highest BCUT2D eigenvalue weighted by atomic mass is 16.1. The van der Waals surface area contributed by atoms with Gasteiger partial charge in [-0.05, 0) is 73.5 Å². The van der Waals surface area contributed by atoms with Crippen LogP contribution in [0, 0.1) is 40.4 Å². The molecular formula is C21H30O2. The maximum absolute atomic E-state index is 12.1. The number of hydrogen-bond donors (Lipinski definition) is 0. The van der Waals surface area contributed by atoms with Crippen molar-refractivity contribution in [1.29, 1.82) is 0 Å². The van der Waals surface area contributed by atoms with Gasteiger partial charge in [0.2, 0.25) is 0 Å². The minimum absolute atomic E-state index is 0.0840. The van der Waals surface area contributed by atoms with Crippen LogP contribution in [0.3, 0.4) is 0 Å². The Morgan fingerprint density at radius 1 is 1.17 bits per heavy atom. The molecule has 0 saturated heterocycles. The van der Waals surface area contributed by atoms with Gasteiger partial charge >= 0.3 is 0 Å². The van der Waals surface area contributed by atoms with Crippen LogP contribution in [0.2, 0.25) is 0 Å². The molecule has 0 spiro atoms. The van der Waals surface area contributed by atoms with E-state index in [1.807, 2.05) is 0 Å². The lowest BCUT2D eigenvalue weighted by Crippen LogP contribution is -2.51. The summed E-state index contributed by atoms with van der Waals surface area (Å²) in [4.78, 5) is 24.0. The molecule has 4 aliphatic carbocycles. The van der Waals surface area contributed by atoms with E-state index in [-0.39, 0.29) is 11.3 Å². The Hall–Kier alpha value is -0.920. The molecule has 0 aromatic rings. The fourth-order valence-electron chi connectivity index (χ4n) is 7.06. The topological polar surface area (TPSA) is 34.1 Å². The van der Waals surface area contributed by atoms with Gasteiger partial charge in [-0.2, -0.15) is 0 Å². The summed E-state index contributed by atoms with van der Waals surface area (Å²) in [5, 5.41) is 0. The Balaban J connectivity index is 1.69. The first-order valence-electron chi connectivity index (χ1n) is 9.58. The standard InChI is InChI=1S/C21H30O2/c1-13(22)17-6-7-18-16-5-4-14-12-15(23)8-10-20(14,2)19(16)9-11-21(17,18)3/h9,11,14,16-19H,4-8,10,12H2,1-3H3/t14-,16-,17+,18-,19-,20-,21+/m0/s1. The third-order valence-electron chi connectivity index (χ3n) is 8.41. The van der Waals surface area contributed by atoms with E-state index in [2.05, 4.69) is 26.0 Å². The number of carbonyl (C=O) groups is 2. The molecule has 0 amide bonds. The lowest BCUT2D eigenvalue weighted by Gasteiger charge is -2.57. The molecule has 2 heteroatoms. The Morgan fingerprint density at radius 3 is 2.70 bits per heavy atom. The summed E-state index contributed by atoms with van der Waals surface area (Å²) in [7, 11) is 0. The van der Waals surface area contributed by atoms with Gasteiger partial charge in [0, 0.05) is 18.8 Å². The first-order chi connectivity index (χ1) is 10.9. The van der Waals surface area contributed by atoms with Gasteiger partial charge in [-0.15, -0.1) is 0 Å². The fourth-order valence-corrected chi connectivity index (χ4v) is 7.06. The summed E-state index contributed by atoms with van der Waals surface area (Å²) in [5.41, 5.74) is 0.393. The van der Waals surface area contributed by atoms with Crippen LogP contribution in [0.1, 0.15) is 65.7 Å². The molecule has 3 saturated carbocycles. The second-order valence-electron chi connectivity index (χ2n) is 9.28. The summed E-state index contributed by atoms with van der Waals surface area (Å²) in [6.07, 6.45) is 12.3. The van der Waals surface area contributed by atoms with Crippen molar-refractivity contribution in [1.82, 2.24) is 0 Å². The number of rotatable bonds is 1. The average Bonchev–Trinajstić information content (AvgIpc) is 2.85. The average molecular weight is 314 g/mol. The zero-order valence-corrected chi connectivity index (χ0v) is 14.8. The maximum atomic E-state index is 12.1. The van der Waals surface area contributed by atoms with Crippen molar-refractivity contribution in [2.24, 2.45) is 40.4 Å². The lowest BCUT2D eigenvalue weighted by molar-refractivity contribution is -0.132. The highest BCUT2D eigenvalue weighted by Crippen LogP contribution is 2.64. The van der Waals surface area contributed by atoms with Crippen LogP contribution >= 0.6 is 0 Å². The van der Waals surface area contributed by atoms with Crippen molar-refractivity contribution in [2.45, 2.75) is 65.7 Å². The zero-order valence-electron chi connectivity index (χ0n) is 14.8. The van der Waals surface area contributed by atoms with Gasteiger partial charge in [-0.1, -0.05) is 26.0 Å². The molecule has 126 valence electrons. The van der Waals surface area contributed by atoms with Gasteiger partial charge in [-0.25, -0.2) is 0 Å². The van der Waals surface area contributed by atoms with Crippen LogP contribution in [-0.2, 0) is 9.59 Å². The molecule has 0 aromatic heterocycles. The van der Waals surface area contributed by atoms with Crippen molar-refractivity contribution < 1.29 is 9.59 Å². The molecule has 2 nitrogen and oxygen atoms in total. The molecule has 0 radical (unpaired) electrons. The first kappa shape index (κ1) is 15.6. The number of ketones is 2. The van der Waals surface area contributed by atoms with Crippen LogP contribution in [-0.4, -0.2) is 11.6 Å². The van der Waals surface area contributed by atoms with Crippen molar-refractivity contribution in [3.05, 3.63) is 12.2 Å². The van der Waals surface area contributed by atoms with Crippen molar-refractivity contribution in [3.63, 3.8) is 0 Å². The summed E-state index contributed by atoms with van der Waals surface area (Å²) in [6.45, 7) is 6.57. The van der Waals surface area contributed by atoms with E-state index in [1.54, 1.807) is 6.92 Å². The molecule has 23 heavy (non-hydrogen) atoms. The van der Waals surface area contributed by atoms with Gasteiger partial charge < -0.3 is 0 Å². The highest BCUT2D eigenvalue weighted by Gasteiger charge is 2.58. The molecule has 0 bridgehead atoms. The van der Waals surface area contributed by atoms with Gasteiger partial charge in [0.15, 0.2) is 0 Å². The largest absolute Gasteiger partial charge is 0.300 e. The number of carbonyl (C=O) groups excluding carboxylic acids is 2. The molecule has 0 aromatic carbocycles. The SMILES string of the molecule is CC(=O)[C@H]1CC[C@H]2[C@@H]3CC[C@H]4CC(=O)CC[C@]4(C)[C@H]3C=C[C@]12C. The molecule has 0 N–H and O–H groups in total. The maximum Gasteiger partial charge on any atom is 0.133 e. The second-order valence-corrected chi connectivity index (χ2v) is 9.28. The number of hydrogen-bond acceptors (Lipinski definition) is 2. The van der Waals surface area contributed by atoms with E-state index in [0.717, 1.165) is 31.6 Å². The minimum Gasteiger partial charge on any atom is -0.300 e. The van der Waals surface area contributed by atoms with E-state index in [9.17, 15) is 9.59 Å². The van der Waals surface area contributed by atoms with Gasteiger partial charge in [0.25, 0.3) is 0 Å². The zero-order chi connectivity index (χ0) is 16.4. The Bertz CT molecular complexity index is 576. The number of Topliss-reactive ketones (excluding diaryl/α,β-unsaturated/α-hetero) is 2. The van der Waals surface area contributed by atoms with Crippen LogP contribution in [0.15, 0.2) is 12.2 Å². The van der Waals surface area contributed by atoms with E-state index < -0.39 is 0 Å². The van der Waals surface area contributed by atoms with E-state index in [4.69, 9.17) is 0 Å². The summed E-state index contributed by atoms with van der Waals surface area (Å²) in [5.74, 6) is 3.69. The highest BCUT2D eigenvalue weighted by molar-refractivity contribution is 5.80. The van der Waals surface area contributed by atoms with Crippen LogP contribution in [0.25, 0.3) is 0 Å². The molecule has 4 rings (SSSR count). The Labute approximate surface area is 140 Å². The minimum atomic E-state index is 0.0840. The smallest absolute Gasteiger partial charge is 0.133 e. The fraction of sp³-hybridized carbons (Fsp3) is 0.810. The number of fused-ring (bicyclic) bond motifs is 5. The molecule has 0 heterocycles. The van der Waals surface area contributed by atoms with Crippen molar-refractivity contribution in [2.75, 3.05) is 0 Å². The lowest BCUT2D eigenvalue weighted by atomic mass is 9.47. The normalized spacial score (nSPS) is 51.8. The molecular weight excluding hydrogens is 284 g/mol. The first-order valence-corrected chi connectivity index (χ1v) is 9.58. The molecule has 3 fully saturated rings. The molecule has 0 unspecified atom stereocenters. The summed E-state index contributed by atoms with van der Waals surface area (Å²) < 4.78 is 0. The third-order valence-corrected chi connectivity index (χ3v) is 8.41. The van der Waals surface area contributed by atoms with E-state index in [0.29, 0.717) is 34.7 Å². The molecule has 0 aliphatic heterocycles. The third kappa shape index (κ3) is 2.06. The van der Waals surface area contributed by atoms with Crippen LogP contribution < -0.4 is 0 Å². The predicted octanol–water partition coefficient (Wildman–Crippen LogP) is 4.58. The van der Waals surface area contributed by atoms with Crippen molar-refractivity contribution >= 4 is 11.6 Å². The second kappa shape index (κ2) is 5.04. The van der Waals surface area contributed by atoms with Gasteiger partial charge in [0.05, 0.1) is 0 Å². The monoisotopic (exact) mass is 314 g/mol. The Morgan fingerprint density at radius 2 is 1.96 bits per heavy atom. The van der Waals surface area contributed by atoms with E-state index in [1.165, 1.54) is 19.3 Å².